The van der Waals surface area contributed by atoms with E-state index in [4.69, 9.17) is 5.11 Å². The minimum Gasteiger partial charge on any atom is -0.481 e. The molecule has 2 aromatic rings. The Morgan fingerprint density at radius 1 is 1.52 bits per heavy atom. The summed E-state index contributed by atoms with van der Waals surface area (Å²) in [5.74, 6) is 0.372. The standard InChI is InChI=1S/C16H20N2O2S/c1-2-11-3-4-14-12(9-11)13(16-17-6-8-21-16)10-18(14)7-5-15(19)20/h3-4,9-10,16-17H,2,5-8H2,1H3,(H,19,20). The van der Waals surface area contributed by atoms with Crippen LogP contribution in [0.25, 0.3) is 10.9 Å². The van der Waals surface area contributed by atoms with Crippen molar-refractivity contribution in [2.45, 2.75) is 31.7 Å². The van der Waals surface area contributed by atoms with E-state index in [2.05, 4.69) is 41.2 Å². The van der Waals surface area contributed by atoms with Gasteiger partial charge in [0.2, 0.25) is 0 Å². The average molecular weight is 304 g/mol. The summed E-state index contributed by atoms with van der Waals surface area (Å²) in [7, 11) is 0. The van der Waals surface area contributed by atoms with Gasteiger partial charge in [0.25, 0.3) is 0 Å². The molecule has 3 rings (SSSR count). The first kappa shape index (κ1) is 14.5. The van der Waals surface area contributed by atoms with Crippen LogP contribution in [-0.2, 0) is 17.8 Å². The molecule has 4 nitrogen and oxygen atoms in total. The summed E-state index contributed by atoms with van der Waals surface area (Å²) in [6, 6.07) is 6.51. The van der Waals surface area contributed by atoms with Crippen LogP contribution in [0.1, 0.15) is 29.8 Å². The molecule has 0 bridgehead atoms. The molecule has 1 saturated heterocycles. The lowest BCUT2D eigenvalue weighted by Gasteiger charge is -2.08. The molecule has 0 aliphatic carbocycles. The van der Waals surface area contributed by atoms with Gasteiger partial charge in [0.1, 0.15) is 0 Å². The third-order valence-corrected chi connectivity index (χ3v) is 5.14. The highest BCUT2D eigenvalue weighted by Gasteiger charge is 2.21. The molecule has 0 amide bonds. The second kappa shape index (κ2) is 6.12. The van der Waals surface area contributed by atoms with Crippen LogP contribution in [0, 0.1) is 0 Å². The number of fused-ring (bicyclic) bond motifs is 1. The third-order valence-electron chi connectivity index (χ3n) is 3.95. The van der Waals surface area contributed by atoms with Crippen LogP contribution in [0.2, 0.25) is 0 Å². The summed E-state index contributed by atoms with van der Waals surface area (Å²) in [5.41, 5.74) is 3.74. The Kier molecular flexibility index (Phi) is 4.22. The summed E-state index contributed by atoms with van der Waals surface area (Å²) < 4.78 is 2.08. The molecule has 2 heterocycles. The largest absolute Gasteiger partial charge is 0.481 e. The highest BCUT2D eigenvalue weighted by atomic mass is 32.2. The van der Waals surface area contributed by atoms with Crippen molar-refractivity contribution < 1.29 is 9.90 Å². The fourth-order valence-electron chi connectivity index (χ4n) is 2.83. The first-order chi connectivity index (χ1) is 10.2. The summed E-state index contributed by atoms with van der Waals surface area (Å²) in [4.78, 5) is 10.8. The third kappa shape index (κ3) is 2.94. The van der Waals surface area contributed by atoms with E-state index in [1.165, 1.54) is 16.5 Å². The molecule has 1 aromatic carbocycles. The fourth-order valence-corrected chi connectivity index (χ4v) is 3.90. The monoisotopic (exact) mass is 304 g/mol. The zero-order valence-corrected chi connectivity index (χ0v) is 12.9. The Labute approximate surface area is 128 Å². The zero-order chi connectivity index (χ0) is 14.8. The molecule has 0 radical (unpaired) electrons. The van der Waals surface area contributed by atoms with Crippen LogP contribution in [0.15, 0.2) is 24.4 Å². The second-order valence-corrected chi connectivity index (χ2v) is 6.54. The minimum absolute atomic E-state index is 0.157. The van der Waals surface area contributed by atoms with Gasteiger partial charge in [0.05, 0.1) is 11.8 Å². The van der Waals surface area contributed by atoms with E-state index in [1.807, 2.05) is 11.8 Å². The molecule has 1 unspecified atom stereocenters. The van der Waals surface area contributed by atoms with Crippen molar-refractivity contribution in [2.24, 2.45) is 0 Å². The number of aryl methyl sites for hydroxylation is 2. The average Bonchev–Trinajstić information content (AvgIpc) is 3.11. The summed E-state index contributed by atoms with van der Waals surface area (Å²) >= 11 is 1.92. The first-order valence-corrected chi connectivity index (χ1v) is 8.42. The van der Waals surface area contributed by atoms with Crippen LogP contribution in [-0.4, -0.2) is 27.9 Å². The summed E-state index contributed by atoms with van der Waals surface area (Å²) in [6.07, 6.45) is 3.30. The van der Waals surface area contributed by atoms with Crippen molar-refractivity contribution >= 4 is 28.6 Å². The van der Waals surface area contributed by atoms with Crippen LogP contribution in [0.4, 0.5) is 0 Å². The molecule has 21 heavy (non-hydrogen) atoms. The number of carboxylic acid groups (broad SMARTS) is 1. The molecule has 1 aliphatic rings. The van der Waals surface area contributed by atoms with E-state index in [0.29, 0.717) is 11.9 Å². The van der Waals surface area contributed by atoms with E-state index < -0.39 is 5.97 Å². The van der Waals surface area contributed by atoms with Gasteiger partial charge < -0.3 is 15.0 Å². The van der Waals surface area contributed by atoms with Crippen molar-refractivity contribution in [3.05, 3.63) is 35.5 Å². The van der Waals surface area contributed by atoms with Crippen molar-refractivity contribution in [1.82, 2.24) is 9.88 Å². The molecular weight excluding hydrogens is 284 g/mol. The Morgan fingerprint density at radius 2 is 2.38 bits per heavy atom. The molecular formula is C16H20N2O2S. The van der Waals surface area contributed by atoms with Crippen LogP contribution in [0.5, 0.6) is 0 Å². The van der Waals surface area contributed by atoms with E-state index in [9.17, 15) is 4.79 Å². The van der Waals surface area contributed by atoms with Gasteiger partial charge in [0, 0.05) is 41.5 Å². The number of carbonyl (C=O) groups is 1. The van der Waals surface area contributed by atoms with Gasteiger partial charge >= 0.3 is 5.97 Å². The maximum Gasteiger partial charge on any atom is 0.305 e. The van der Waals surface area contributed by atoms with Crippen LogP contribution in [0.3, 0.4) is 0 Å². The quantitative estimate of drug-likeness (QED) is 0.891. The molecule has 1 aromatic heterocycles. The number of benzene rings is 1. The van der Waals surface area contributed by atoms with E-state index >= 15 is 0 Å². The highest BCUT2D eigenvalue weighted by Crippen LogP contribution is 2.36. The number of hydrogen-bond donors (Lipinski definition) is 2. The second-order valence-electron chi connectivity index (χ2n) is 5.33. The van der Waals surface area contributed by atoms with Gasteiger partial charge in [-0.25, -0.2) is 0 Å². The lowest BCUT2D eigenvalue weighted by atomic mass is 10.1. The summed E-state index contributed by atoms with van der Waals surface area (Å²) in [6.45, 7) is 3.71. The normalized spacial score (nSPS) is 18.4. The number of hydrogen-bond acceptors (Lipinski definition) is 3. The first-order valence-electron chi connectivity index (χ1n) is 7.37. The van der Waals surface area contributed by atoms with Gasteiger partial charge in [0.15, 0.2) is 0 Å². The van der Waals surface area contributed by atoms with E-state index in [1.54, 1.807) is 0 Å². The van der Waals surface area contributed by atoms with Gasteiger partial charge in [-0.15, -0.1) is 11.8 Å². The molecule has 5 heteroatoms. The van der Waals surface area contributed by atoms with Crippen molar-refractivity contribution in [3.63, 3.8) is 0 Å². The van der Waals surface area contributed by atoms with Crippen molar-refractivity contribution in [1.29, 1.82) is 0 Å². The van der Waals surface area contributed by atoms with Gasteiger partial charge in [-0.05, 0) is 24.1 Å². The predicted molar refractivity (Wildman–Crippen MR) is 86.8 cm³/mol. The van der Waals surface area contributed by atoms with E-state index in [0.717, 1.165) is 24.2 Å². The number of carboxylic acids is 1. The SMILES string of the molecule is CCc1ccc2c(c1)c(C1NCCS1)cn2CCC(=O)O. The predicted octanol–water partition coefficient (Wildman–Crippen LogP) is 3.01. The maximum atomic E-state index is 10.8. The lowest BCUT2D eigenvalue weighted by Crippen LogP contribution is -2.11. The van der Waals surface area contributed by atoms with Crippen molar-refractivity contribution in [2.75, 3.05) is 12.3 Å². The van der Waals surface area contributed by atoms with Crippen LogP contribution >= 0.6 is 11.8 Å². The number of aliphatic carboxylic acids is 1. The molecule has 1 fully saturated rings. The molecule has 112 valence electrons. The minimum atomic E-state index is -0.753. The molecule has 1 atom stereocenters. The zero-order valence-electron chi connectivity index (χ0n) is 12.1. The number of aromatic nitrogens is 1. The number of thioether (sulfide) groups is 1. The number of rotatable bonds is 5. The van der Waals surface area contributed by atoms with Crippen LogP contribution < -0.4 is 5.32 Å². The Bertz CT molecular complexity index is 660. The number of nitrogens with zero attached hydrogens (tertiary/aromatic N) is 1. The van der Waals surface area contributed by atoms with Gasteiger partial charge in [-0.3, -0.25) is 4.79 Å². The number of nitrogens with one attached hydrogen (secondary N) is 1. The Balaban J connectivity index is 2.04. The smallest absolute Gasteiger partial charge is 0.305 e. The Morgan fingerprint density at radius 3 is 3.05 bits per heavy atom. The maximum absolute atomic E-state index is 10.8. The fraction of sp³-hybridized carbons (Fsp3) is 0.438. The topological polar surface area (TPSA) is 54.3 Å². The molecule has 0 saturated carbocycles. The lowest BCUT2D eigenvalue weighted by molar-refractivity contribution is -0.137. The van der Waals surface area contributed by atoms with E-state index in [-0.39, 0.29) is 6.42 Å². The van der Waals surface area contributed by atoms with Gasteiger partial charge in [-0.2, -0.15) is 0 Å². The molecule has 2 N–H and O–H groups in total. The Hall–Kier alpha value is -1.46. The molecule has 0 spiro atoms. The highest BCUT2D eigenvalue weighted by molar-refractivity contribution is 7.99. The van der Waals surface area contributed by atoms with Gasteiger partial charge in [-0.1, -0.05) is 13.0 Å². The van der Waals surface area contributed by atoms with Crippen molar-refractivity contribution in [3.8, 4) is 0 Å². The summed E-state index contributed by atoms with van der Waals surface area (Å²) in [5, 5.41) is 14.0. The molecule has 1 aliphatic heterocycles.